The van der Waals surface area contributed by atoms with Crippen molar-refractivity contribution in [1.29, 1.82) is 0 Å². The summed E-state index contributed by atoms with van der Waals surface area (Å²) in [5.74, 6) is -1.07. The lowest BCUT2D eigenvalue weighted by Crippen LogP contribution is -2.25. The summed E-state index contributed by atoms with van der Waals surface area (Å²) in [5.41, 5.74) is 0.954. The minimum atomic E-state index is -0.542. The molecule has 1 aromatic heterocycles. The van der Waals surface area contributed by atoms with E-state index in [9.17, 15) is 8.78 Å². The Morgan fingerprint density at radius 1 is 1.32 bits per heavy atom. The summed E-state index contributed by atoms with van der Waals surface area (Å²) in [4.78, 5) is 0. The second-order valence-corrected chi connectivity index (χ2v) is 5.84. The normalized spacial score (nSPS) is 12.6. The fourth-order valence-electron chi connectivity index (χ4n) is 1.92. The van der Waals surface area contributed by atoms with E-state index in [1.54, 1.807) is 0 Å². The van der Waals surface area contributed by atoms with Gasteiger partial charge in [0, 0.05) is 5.56 Å². The molecule has 2 rings (SSSR count). The summed E-state index contributed by atoms with van der Waals surface area (Å²) in [6, 6.07) is 4.11. The van der Waals surface area contributed by atoms with Gasteiger partial charge in [0.1, 0.15) is 11.6 Å². The van der Waals surface area contributed by atoms with Crippen molar-refractivity contribution in [2.45, 2.75) is 19.4 Å². The van der Waals surface area contributed by atoms with Gasteiger partial charge >= 0.3 is 0 Å². The largest absolute Gasteiger partial charge is 0.306 e. The molecule has 0 aliphatic rings. The number of halogens is 3. The van der Waals surface area contributed by atoms with Crippen LogP contribution in [0.4, 0.5) is 8.78 Å². The Hall–Kier alpha value is -0.780. The zero-order valence-electron chi connectivity index (χ0n) is 10.4. The molecule has 1 heterocycles. The minimum absolute atomic E-state index is 0.0706. The molecule has 19 heavy (non-hydrogen) atoms. The van der Waals surface area contributed by atoms with Gasteiger partial charge in [-0.25, -0.2) is 8.78 Å². The maximum Gasteiger partial charge on any atom is 0.145 e. The lowest BCUT2D eigenvalue weighted by atomic mass is 10.00. The van der Waals surface area contributed by atoms with Crippen LogP contribution in [0.25, 0.3) is 0 Å². The van der Waals surface area contributed by atoms with Crippen LogP contribution in [0.1, 0.15) is 30.5 Å². The van der Waals surface area contributed by atoms with E-state index < -0.39 is 17.7 Å². The predicted molar refractivity (Wildman–Crippen MR) is 78.5 cm³/mol. The van der Waals surface area contributed by atoms with E-state index in [-0.39, 0.29) is 10.0 Å². The van der Waals surface area contributed by atoms with Crippen LogP contribution in [0, 0.1) is 11.6 Å². The van der Waals surface area contributed by atoms with Crippen LogP contribution in [-0.2, 0) is 0 Å². The first-order valence-corrected chi connectivity index (χ1v) is 7.77. The Morgan fingerprint density at radius 2 is 2.11 bits per heavy atom. The highest BCUT2D eigenvalue weighted by Crippen LogP contribution is 2.31. The van der Waals surface area contributed by atoms with Crippen molar-refractivity contribution in [3.05, 3.63) is 56.2 Å². The SMILES string of the molecule is CCCNC(c1ccsc1)c1c(F)ccc(Br)c1F. The van der Waals surface area contributed by atoms with Crippen LogP contribution < -0.4 is 5.32 Å². The third-order valence-electron chi connectivity index (χ3n) is 2.84. The monoisotopic (exact) mass is 345 g/mol. The molecular weight excluding hydrogens is 332 g/mol. The highest BCUT2D eigenvalue weighted by Gasteiger charge is 2.23. The van der Waals surface area contributed by atoms with Crippen molar-refractivity contribution in [1.82, 2.24) is 5.32 Å². The lowest BCUT2D eigenvalue weighted by molar-refractivity contribution is 0.501. The number of thiophene rings is 1. The average Bonchev–Trinajstić information content (AvgIpc) is 2.92. The summed E-state index contributed by atoms with van der Waals surface area (Å²) in [5, 5.41) is 7.02. The summed E-state index contributed by atoms with van der Waals surface area (Å²) in [6.45, 7) is 2.72. The Bertz CT molecular complexity index is 543. The van der Waals surface area contributed by atoms with Crippen molar-refractivity contribution in [3.8, 4) is 0 Å². The quantitative estimate of drug-likeness (QED) is 0.761. The van der Waals surface area contributed by atoms with Gasteiger partial charge in [-0.2, -0.15) is 11.3 Å². The van der Waals surface area contributed by atoms with E-state index in [4.69, 9.17) is 0 Å². The predicted octanol–water partition coefficient (Wildman–Crippen LogP) is 4.88. The lowest BCUT2D eigenvalue weighted by Gasteiger charge is -2.20. The van der Waals surface area contributed by atoms with Gasteiger partial charge < -0.3 is 5.32 Å². The summed E-state index contributed by atoms with van der Waals surface area (Å²) >= 11 is 4.63. The molecule has 0 bridgehead atoms. The summed E-state index contributed by atoms with van der Waals surface area (Å²) in [7, 11) is 0. The van der Waals surface area contributed by atoms with E-state index in [0.29, 0.717) is 6.54 Å². The van der Waals surface area contributed by atoms with Gasteiger partial charge in [-0.15, -0.1) is 0 Å². The molecular formula is C14H14BrF2NS. The third kappa shape index (κ3) is 3.22. The molecule has 1 nitrogen and oxygen atoms in total. The molecule has 0 saturated carbocycles. The molecule has 102 valence electrons. The zero-order valence-corrected chi connectivity index (χ0v) is 12.8. The van der Waals surface area contributed by atoms with Gasteiger partial charge in [0.2, 0.25) is 0 Å². The number of hydrogen-bond acceptors (Lipinski definition) is 2. The number of benzene rings is 1. The molecule has 0 saturated heterocycles. The van der Waals surface area contributed by atoms with Gasteiger partial charge in [-0.1, -0.05) is 6.92 Å². The van der Waals surface area contributed by atoms with E-state index in [0.717, 1.165) is 12.0 Å². The molecule has 0 aliphatic carbocycles. The second-order valence-electron chi connectivity index (χ2n) is 4.20. The van der Waals surface area contributed by atoms with Crippen LogP contribution in [0.5, 0.6) is 0 Å². The van der Waals surface area contributed by atoms with Crippen molar-refractivity contribution in [2.24, 2.45) is 0 Å². The number of hydrogen-bond donors (Lipinski definition) is 1. The summed E-state index contributed by atoms with van der Waals surface area (Å²) in [6.07, 6.45) is 0.901. The van der Waals surface area contributed by atoms with Crippen molar-refractivity contribution in [3.63, 3.8) is 0 Å². The van der Waals surface area contributed by atoms with Crippen LogP contribution in [0.3, 0.4) is 0 Å². The van der Waals surface area contributed by atoms with E-state index in [1.807, 2.05) is 23.8 Å². The van der Waals surface area contributed by atoms with Gasteiger partial charge in [0.05, 0.1) is 10.5 Å². The van der Waals surface area contributed by atoms with Gasteiger partial charge in [-0.05, 0) is 63.4 Å². The van der Waals surface area contributed by atoms with E-state index >= 15 is 0 Å². The fourth-order valence-corrected chi connectivity index (χ4v) is 2.95. The molecule has 1 unspecified atom stereocenters. The van der Waals surface area contributed by atoms with Crippen LogP contribution in [0.2, 0.25) is 0 Å². The zero-order chi connectivity index (χ0) is 13.8. The fraction of sp³-hybridized carbons (Fsp3) is 0.286. The second kappa shape index (κ2) is 6.59. The maximum atomic E-state index is 14.2. The Kier molecular flexibility index (Phi) is 5.07. The van der Waals surface area contributed by atoms with Gasteiger partial charge in [-0.3, -0.25) is 0 Å². The minimum Gasteiger partial charge on any atom is -0.306 e. The Morgan fingerprint density at radius 3 is 2.74 bits per heavy atom. The first kappa shape index (κ1) is 14.6. The smallest absolute Gasteiger partial charge is 0.145 e. The Balaban J connectivity index is 2.46. The average molecular weight is 346 g/mol. The molecule has 1 N–H and O–H groups in total. The van der Waals surface area contributed by atoms with Gasteiger partial charge in [0.15, 0.2) is 0 Å². The first-order valence-electron chi connectivity index (χ1n) is 6.04. The molecule has 0 spiro atoms. The summed E-state index contributed by atoms with van der Waals surface area (Å²) < 4.78 is 28.5. The van der Waals surface area contributed by atoms with Crippen molar-refractivity contribution >= 4 is 27.3 Å². The van der Waals surface area contributed by atoms with Crippen molar-refractivity contribution < 1.29 is 8.78 Å². The van der Waals surface area contributed by atoms with Crippen LogP contribution in [-0.4, -0.2) is 6.54 Å². The molecule has 0 radical (unpaired) electrons. The molecule has 0 amide bonds. The highest BCUT2D eigenvalue weighted by atomic mass is 79.9. The third-order valence-corrected chi connectivity index (χ3v) is 4.16. The molecule has 5 heteroatoms. The Labute approximate surface area is 123 Å². The standard InChI is InChI=1S/C14H14BrF2NS/c1-2-6-18-14(9-5-7-19-8-9)12-11(16)4-3-10(15)13(12)17/h3-5,7-8,14,18H,2,6H2,1H3. The maximum absolute atomic E-state index is 14.2. The van der Waals surface area contributed by atoms with Crippen LogP contribution >= 0.6 is 27.3 Å². The topological polar surface area (TPSA) is 12.0 Å². The first-order chi connectivity index (χ1) is 9.15. The highest BCUT2D eigenvalue weighted by molar-refractivity contribution is 9.10. The van der Waals surface area contributed by atoms with Crippen molar-refractivity contribution in [2.75, 3.05) is 6.54 Å². The van der Waals surface area contributed by atoms with Gasteiger partial charge in [0.25, 0.3) is 0 Å². The number of rotatable bonds is 5. The molecule has 1 atom stereocenters. The molecule has 1 aromatic carbocycles. The molecule has 2 aromatic rings. The molecule has 0 aliphatic heterocycles. The van der Waals surface area contributed by atoms with E-state index in [2.05, 4.69) is 21.2 Å². The number of nitrogens with one attached hydrogen (secondary N) is 1. The molecule has 0 fully saturated rings. The van der Waals surface area contributed by atoms with E-state index in [1.165, 1.54) is 23.5 Å². The van der Waals surface area contributed by atoms with Crippen LogP contribution in [0.15, 0.2) is 33.4 Å².